The second-order valence-electron chi connectivity index (χ2n) is 6.50. The van der Waals surface area contributed by atoms with E-state index in [1.54, 1.807) is 34.7 Å². The van der Waals surface area contributed by atoms with Crippen molar-refractivity contribution >= 4 is 15.7 Å². The van der Waals surface area contributed by atoms with E-state index in [2.05, 4.69) is 13.2 Å². The molecule has 1 amide bonds. The van der Waals surface area contributed by atoms with Gasteiger partial charge in [-0.05, 0) is 62.3 Å². The van der Waals surface area contributed by atoms with Crippen LogP contribution in [0.15, 0.2) is 66.3 Å². The van der Waals surface area contributed by atoms with E-state index in [-0.39, 0.29) is 4.90 Å². The molecule has 8 heteroatoms. The molecule has 152 valence electrons. The van der Waals surface area contributed by atoms with Crippen LogP contribution < -0.4 is 10.2 Å². The number of likely N-dealkylation sites (N-methyl/N-ethyl adjacent to an activating group) is 1. The van der Waals surface area contributed by atoms with Gasteiger partial charge in [-0.2, -0.15) is 0 Å². The van der Waals surface area contributed by atoms with Gasteiger partial charge in [-0.15, -0.1) is 0 Å². The fourth-order valence-corrected chi connectivity index (χ4v) is 5.30. The van der Waals surface area contributed by atoms with Crippen molar-refractivity contribution in [3.8, 4) is 5.75 Å². The van der Waals surface area contributed by atoms with Crippen molar-refractivity contribution in [2.75, 3.05) is 18.8 Å². The van der Waals surface area contributed by atoms with E-state index < -0.39 is 27.0 Å². The molecule has 1 atom stereocenters. The molecule has 0 unspecified atom stereocenters. The molecule has 0 spiro atoms. The Morgan fingerprint density at radius 2 is 2.04 bits per heavy atom. The number of hydrogen-bond acceptors (Lipinski definition) is 6. The van der Waals surface area contributed by atoms with Gasteiger partial charge in [0.2, 0.25) is 0 Å². The van der Waals surface area contributed by atoms with Crippen molar-refractivity contribution in [2.24, 2.45) is 0 Å². The fraction of sp³-hybridized carbons (Fsp3) is 0.350. The summed E-state index contributed by atoms with van der Waals surface area (Å²) in [5, 5.41) is 9.17. The first kappa shape index (κ1) is 21.9. The Bertz CT molecular complexity index is 861. The molecule has 2 rings (SSSR count). The molecule has 1 aliphatic heterocycles. The molecule has 1 fully saturated rings. The van der Waals surface area contributed by atoms with Crippen LogP contribution in [0.2, 0.25) is 0 Å². The summed E-state index contributed by atoms with van der Waals surface area (Å²) in [6.45, 7) is 10.2. The highest BCUT2D eigenvalue weighted by molar-refractivity contribution is 7.91. The number of allylic oxidation sites excluding steroid dienone is 3. The third kappa shape index (κ3) is 4.52. The summed E-state index contributed by atoms with van der Waals surface area (Å²) in [4.78, 5) is 14.3. The molecule has 1 aromatic carbocycles. The van der Waals surface area contributed by atoms with Crippen LogP contribution in [0.1, 0.15) is 19.8 Å². The highest BCUT2D eigenvalue weighted by Crippen LogP contribution is 2.33. The Morgan fingerprint density at radius 3 is 2.57 bits per heavy atom. The first-order chi connectivity index (χ1) is 13.3. The number of hydroxylamine groups is 1. The minimum absolute atomic E-state index is 0.0840. The Labute approximate surface area is 165 Å². The largest absolute Gasteiger partial charge is 0.457 e. The number of sulfone groups is 1. The summed E-state index contributed by atoms with van der Waals surface area (Å²) in [5.74, 6) is -0.172. The number of benzene rings is 1. The van der Waals surface area contributed by atoms with Gasteiger partial charge >= 0.3 is 0 Å². The van der Waals surface area contributed by atoms with E-state index in [0.29, 0.717) is 37.4 Å². The first-order valence-corrected chi connectivity index (χ1v) is 10.6. The van der Waals surface area contributed by atoms with Crippen LogP contribution >= 0.6 is 0 Å². The topological polar surface area (TPSA) is 95.9 Å². The monoisotopic (exact) mass is 406 g/mol. The lowest BCUT2D eigenvalue weighted by molar-refractivity contribution is -0.139. The van der Waals surface area contributed by atoms with Gasteiger partial charge in [-0.1, -0.05) is 26.2 Å². The molecule has 0 saturated carbocycles. The zero-order chi connectivity index (χ0) is 20.8. The molecular weight excluding hydrogens is 380 g/mol. The van der Waals surface area contributed by atoms with Crippen molar-refractivity contribution in [1.29, 1.82) is 0 Å². The van der Waals surface area contributed by atoms with Crippen molar-refractivity contribution in [3.63, 3.8) is 0 Å². The van der Waals surface area contributed by atoms with E-state index in [4.69, 9.17) is 4.74 Å². The summed E-state index contributed by atoms with van der Waals surface area (Å²) in [6.07, 6.45) is 5.76. The standard InChI is InChI=1S/C20H26N2O5S/c1-4-8-16(5-2)27-17-9-11-18(12-10-17)28(25,26)15-20(19(23)21-24)13-7-14-22(20)6-3/h4-5,8-12,24H,1-2,6-7,13-15H2,3H3,(H,21,23)/b16-8+/t20-/m0/s1. The van der Waals surface area contributed by atoms with Gasteiger partial charge in [0.05, 0.1) is 10.6 Å². The SMILES string of the molecule is C=C/C=C(\C=C)Oc1ccc(S(=O)(=O)C[C@]2(C(=O)NO)CCCN2CC)cc1. The van der Waals surface area contributed by atoms with E-state index in [1.807, 2.05) is 6.92 Å². The van der Waals surface area contributed by atoms with E-state index >= 15 is 0 Å². The predicted octanol–water partition coefficient (Wildman–Crippen LogP) is 2.45. The summed E-state index contributed by atoms with van der Waals surface area (Å²) in [6, 6.07) is 5.96. The maximum absolute atomic E-state index is 13.0. The molecule has 7 nitrogen and oxygen atoms in total. The average Bonchev–Trinajstić information content (AvgIpc) is 3.10. The smallest absolute Gasteiger partial charge is 0.264 e. The van der Waals surface area contributed by atoms with Gasteiger partial charge in [-0.3, -0.25) is 14.9 Å². The molecule has 0 bridgehead atoms. The van der Waals surface area contributed by atoms with Crippen LogP contribution in [0.5, 0.6) is 5.75 Å². The molecule has 2 N–H and O–H groups in total. The Hall–Kier alpha value is -2.42. The second kappa shape index (κ2) is 9.18. The number of nitrogens with one attached hydrogen (secondary N) is 1. The number of rotatable bonds is 9. The molecule has 1 aliphatic rings. The van der Waals surface area contributed by atoms with Crippen molar-refractivity contribution in [2.45, 2.75) is 30.2 Å². The van der Waals surface area contributed by atoms with E-state index in [9.17, 15) is 18.4 Å². The molecule has 0 aromatic heterocycles. The van der Waals surface area contributed by atoms with Gasteiger partial charge in [0, 0.05) is 0 Å². The van der Waals surface area contributed by atoms with Gasteiger partial charge in [0.1, 0.15) is 17.0 Å². The van der Waals surface area contributed by atoms with Gasteiger partial charge < -0.3 is 4.74 Å². The van der Waals surface area contributed by atoms with Crippen LogP contribution in [-0.2, 0) is 14.6 Å². The number of hydrogen-bond donors (Lipinski definition) is 2. The highest BCUT2D eigenvalue weighted by atomic mass is 32.2. The number of likely N-dealkylation sites (tertiary alicyclic amines) is 1. The molecular formula is C20H26N2O5S. The minimum Gasteiger partial charge on any atom is -0.457 e. The van der Waals surface area contributed by atoms with Crippen LogP contribution in [0, 0.1) is 0 Å². The molecule has 0 radical (unpaired) electrons. The van der Waals surface area contributed by atoms with E-state index in [0.717, 1.165) is 0 Å². The van der Waals surface area contributed by atoms with Crippen molar-refractivity contribution < 1.29 is 23.2 Å². The zero-order valence-corrected chi connectivity index (χ0v) is 16.7. The lowest BCUT2D eigenvalue weighted by Crippen LogP contribution is -2.58. The van der Waals surface area contributed by atoms with E-state index in [1.165, 1.54) is 18.2 Å². The normalized spacial score (nSPS) is 20.6. The predicted molar refractivity (Wildman–Crippen MR) is 107 cm³/mol. The van der Waals surface area contributed by atoms with Crippen molar-refractivity contribution in [3.05, 3.63) is 61.4 Å². The van der Waals surface area contributed by atoms with Gasteiger partial charge in [0.25, 0.3) is 5.91 Å². The maximum Gasteiger partial charge on any atom is 0.264 e. The van der Waals surface area contributed by atoms with Gasteiger partial charge in [-0.25, -0.2) is 13.9 Å². The quantitative estimate of drug-likeness (QED) is 0.283. The molecule has 28 heavy (non-hydrogen) atoms. The number of amides is 1. The molecule has 1 aromatic rings. The highest BCUT2D eigenvalue weighted by Gasteiger charge is 2.49. The van der Waals surface area contributed by atoms with Crippen LogP contribution in [0.25, 0.3) is 0 Å². The Morgan fingerprint density at radius 1 is 1.36 bits per heavy atom. The van der Waals surface area contributed by atoms with Gasteiger partial charge in [0.15, 0.2) is 9.84 Å². The average molecular weight is 407 g/mol. The minimum atomic E-state index is -3.78. The first-order valence-electron chi connectivity index (χ1n) is 8.98. The Balaban J connectivity index is 2.28. The Kier molecular flexibility index (Phi) is 7.17. The summed E-state index contributed by atoms with van der Waals surface area (Å²) >= 11 is 0. The number of nitrogens with zero attached hydrogens (tertiary/aromatic N) is 1. The summed E-state index contributed by atoms with van der Waals surface area (Å²) < 4.78 is 31.6. The van der Waals surface area contributed by atoms with Crippen LogP contribution in [-0.4, -0.2) is 48.8 Å². The lowest BCUT2D eigenvalue weighted by Gasteiger charge is -2.35. The summed E-state index contributed by atoms with van der Waals surface area (Å²) in [5.41, 5.74) is 0.369. The fourth-order valence-electron chi connectivity index (χ4n) is 3.49. The third-order valence-electron chi connectivity index (χ3n) is 4.86. The third-order valence-corrected chi connectivity index (χ3v) is 6.71. The second-order valence-corrected chi connectivity index (χ2v) is 8.49. The molecule has 1 heterocycles. The number of carbonyl (C=O) groups is 1. The van der Waals surface area contributed by atoms with Crippen LogP contribution in [0.4, 0.5) is 0 Å². The van der Waals surface area contributed by atoms with Crippen LogP contribution in [0.3, 0.4) is 0 Å². The molecule has 1 saturated heterocycles. The molecule has 0 aliphatic carbocycles. The lowest BCUT2D eigenvalue weighted by atomic mass is 9.98. The number of carbonyl (C=O) groups excluding carboxylic acids is 1. The van der Waals surface area contributed by atoms with Crippen molar-refractivity contribution in [1.82, 2.24) is 10.4 Å². The maximum atomic E-state index is 13.0. The summed E-state index contributed by atoms with van der Waals surface area (Å²) in [7, 11) is -3.78. The zero-order valence-electron chi connectivity index (χ0n) is 15.9. The number of ether oxygens (including phenoxy) is 1.